The van der Waals surface area contributed by atoms with Gasteiger partial charge in [-0.1, -0.05) is 12.1 Å². The molecule has 1 aliphatic rings. The van der Waals surface area contributed by atoms with E-state index in [1.165, 1.54) is 0 Å². The van der Waals surface area contributed by atoms with E-state index in [1.807, 2.05) is 0 Å². The lowest BCUT2D eigenvalue weighted by Crippen LogP contribution is -2.37. The van der Waals surface area contributed by atoms with Crippen LogP contribution in [0.3, 0.4) is 0 Å². The average Bonchev–Trinajstić information content (AvgIpc) is 2.28. The van der Waals surface area contributed by atoms with Gasteiger partial charge in [-0.15, -0.1) is 0 Å². The fourth-order valence-electron chi connectivity index (χ4n) is 1.68. The van der Waals surface area contributed by atoms with Gasteiger partial charge in [0.25, 0.3) is 0 Å². The van der Waals surface area contributed by atoms with Gasteiger partial charge in [0, 0.05) is 12.8 Å². The number of hydrogen-bond acceptors (Lipinski definition) is 4. The van der Waals surface area contributed by atoms with Crippen molar-refractivity contribution >= 4 is 17.5 Å². The van der Waals surface area contributed by atoms with E-state index in [0.29, 0.717) is 17.0 Å². The fraction of sp³-hybridized carbons (Fsp3) is 0.250. The molecule has 0 aromatic heterocycles. The van der Waals surface area contributed by atoms with Gasteiger partial charge in [-0.25, -0.2) is 0 Å². The fourth-order valence-corrected chi connectivity index (χ4v) is 1.68. The van der Waals surface area contributed by atoms with Gasteiger partial charge in [-0.05, 0) is 19.1 Å². The summed E-state index contributed by atoms with van der Waals surface area (Å²) in [5.74, 6) is -1.35. The largest absolute Gasteiger partial charge is 0.425 e. The first-order valence-corrected chi connectivity index (χ1v) is 4.93. The molecule has 1 aliphatic heterocycles. The van der Waals surface area contributed by atoms with Gasteiger partial charge in [-0.2, -0.15) is 0 Å². The van der Waals surface area contributed by atoms with Crippen molar-refractivity contribution in [2.24, 2.45) is 10.9 Å². The molecule has 1 aromatic carbocycles. The third kappa shape index (κ3) is 1.52. The maximum Gasteiger partial charge on any atom is 0.328 e. The van der Waals surface area contributed by atoms with Crippen LogP contribution in [0.25, 0.3) is 0 Å². The molecule has 0 saturated heterocycles. The van der Waals surface area contributed by atoms with E-state index >= 15 is 0 Å². The number of benzene rings is 1. The van der Waals surface area contributed by atoms with E-state index in [-0.39, 0.29) is 5.78 Å². The van der Waals surface area contributed by atoms with Crippen LogP contribution in [0.2, 0.25) is 0 Å². The Morgan fingerprint density at radius 2 is 2.00 bits per heavy atom. The molecule has 1 atom stereocenters. The smallest absolute Gasteiger partial charge is 0.328 e. The number of ketones is 1. The summed E-state index contributed by atoms with van der Waals surface area (Å²) < 4.78 is 5.10. The van der Waals surface area contributed by atoms with Crippen molar-refractivity contribution in [3.63, 3.8) is 0 Å². The van der Waals surface area contributed by atoms with E-state index in [4.69, 9.17) is 4.74 Å². The van der Waals surface area contributed by atoms with Crippen LogP contribution in [0.4, 0.5) is 0 Å². The SMILES string of the molecule is CN=C(C)C1C(=O)Oc2ccccc2C1=O. The number of nitrogens with zero attached hydrogens (tertiary/aromatic N) is 1. The van der Waals surface area contributed by atoms with E-state index < -0.39 is 11.9 Å². The minimum absolute atomic E-state index is 0.241. The van der Waals surface area contributed by atoms with E-state index in [9.17, 15) is 9.59 Å². The predicted molar refractivity (Wildman–Crippen MR) is 58.9 cm³/mol. The Bertz CT molecular complexity index is 491. The van der Waals surface area contributed by atoms with E-state index in [0.717, 1.165) is 0 Å². The third-order valence-electron chi connectivity index (χ3n) is 2.63. The summed E-state index contributed by atoms with van der Waals surface area (Å²) in [5.41, 5.74) is 0.916. The van der Waals surface area contributed by atoms with Crippen LogP contribution < -0.4 is 4.74 Å². The first-order valence-electron chi connectivity index (χ1n) is 4.93. The lowest BCUT2D eigenvalue weighted by atomic mass is 9.91. The summed E-state index contributed by atoms with van der Waals surface area (Å²) in [5, 5.41) is 0. The highest BCUT2D eigenvalue weighted by Crippen LogP contribution is 2.28. The second-order valence-corrected chi connectivity index (χ2v) is 3.58. The molecule has 4 heteroatoms. The zero-order valence-corrected chi connectivity index (χ0v) is 9.06. The molecule has 0 fully saturated rings. The van der Waals surface area contributed by atoms with Crippen molar-refractivity contribution in [1.82, 2.24) is 0 Å². The monoisotopic (exact) mass is 217 g/mol. The van der Waals surface area contributed by atoms with Gasteiger partial charge in [0.1, 0.15) is 5.75 Å². The molecular formula is C12H11NO3. The Morgan fingerprint density at radius 1 is 1.31 bits per heavy atom. The molecule has 1 unspecified atom stereocenters. The molecule has 0 amide bonds. The van der Waals surface area contributed by atoms with Gasteiger partial charge in [0.05, 0.1) is 5.56 Å². The first kappa shape index (κ1) is 10.5. The zero-order valence-electron chi connectivity index (χ0n) is 9.06. The maximum atomic E-state index is 12.0. The highest BCUT2D eigenvalue weighted by atomic mass is 16.5. The number of aliphatic imine (C=N–C) groups is 1. The summed E-state index contributed by atoms with van der Waals surface area (Å²) in [4.78, 5) is 27.6. The van der Waals surface area contributed by atoms with Gasteiger partial charge in [0.2, 0.25) is 0 Å². The van der Waals surface area contributed by atoms with Crippen molar-refractivity contribution in [2.45, 2.75) is 6.92 Å². The summed E-state index contributed by atoms with van der Waals surface area (Å²) in [7, 11) is 1.55. The second-order valence-electron chi connectivity index (χ2n) is 3.58. The molecule has 0 spiro atoms. The molecule has 0 N–H and O–H groups in total. The summed E-state index contributed by atoms with van der Waals surface area (Å²) in [6.45, 7) is 1.65. The van der Waals surface area contributed by atoms with Crippen LogP contribution in [0.15, 0.2) is 29.3 Å². The Balaban J connectivity index is 2.50. The summed E-state index contributed by atoms with van der Waals surface area (Å²) in [6.07, 6.45) is 0. The van der Waals surface area contributed by atoms with Gasteiger partial charge in [0.15, 0.2) is 11.7 Å². The van der Waals surface area contributed by atoms with Crippen LogP contribution in [0.1, 0.15) is 17.3 Å². The topological polar surface area (TPSA) is 55.7 Å². The highest BCUT2D eigenvalue weighted by Gasteiger charge is 2.37. The number of fused-ring (bicyclic) bond motifs is 1. The molecule has 2 rings (SSSR count). The molecule has 1 aromatic rings. The Labute approximate surface area is 92.9 Å². The highest BCUT2D eigenvalue weighted by molar-refractivity contribution is 6.26. The Morgan fingerprint density at radius 3 is 2.69 bits per heavy atom. The third-order valence-corrected chi connectivity index (χ3v) is 2.63. The number of ether oxygens (including phenoxy) is 1. The zero-order chi connectivity index (χ0) is 11.7. The first-order chi connectivity index (χ1) is 7.65. The van der Waals surface area contributed by atoms with Gasteiger partial charge in [-0.3, -0.25) is 14.6 Å². The van der Waals surface area contributed by atoms with E-state index in [2.05, 4.69) is 4.99 Å². The molecule has 16 heavy (non-hydrogen) atoms. The number of carbonyl (C=O) groups excluding carboxylic acids is 2. The molecule has 0 aliphatic carbocycles. The number of carbonyl (C=O) groups is 2. The van der Waals surface area contributed by atoms with Crippen LogP contribution in [0, 0.1) is 5.92 Å². The van der Waals surface area contributed by atoms with Crippen LogP contribution in [-0.4, -0.2) is 24.5 Å². The summed E-state index contributed by atoms with van der Waals surface area (Å²) in [6, 6.07) is 6.73. The van der Waals surface area contributed by atoms with Gasteiger partial charge < -0.3 is 4.74 Å². The lowest BCUT2D eigenvalue weighted by molar-refractivity contribution is -0.135. The van der Waals surface area contributed by atoms with Gasteiger partial charge >= 0.3 is 5.97 Å². The van der Waals surface area contributed by atoms with Crippen LogP contribution in [-0.2, 0) is 4.79 Å². The summed E-state index contributed by atoms with van der Waals surface area (Å²) >= 11 is 0. The number of rotatable bonds is 1. The normalized spacial score (nSPS) is 20.4. The molecular weight excluding hydrogens is 206 g/mol. The molecule has 0 radical (unpaired) electrons. The molecule has 0 saturated carbocycles. The van der Waals surface area contributed by atoms with Crippen molar-refractivity contribution in [3.8, 4) is 5.75 Å². The average molecular weight is 217 g/mol. The molecule has 0 bridgehead atoms. The minimum Gasteiger partial charge on any atom is -0.425 e. The number of para-hydroxylation sites is 1. The van der Waals surface area contributed by atoms with Crippen molar-refractivity contribution < 1.29 is 14.3 Å². The molecule has 4 nitrogen and oxygen atoms in total. The van der Waals surface area contributed by atoms with E-state index in [1.54, 1.807) is 38.2 Å². The van der Waals surface area contributed by atoms with Crippen molar-refractivity contribution in [2.75, 3.05) is 7.05 Å². The van der Waals surface area contributed by atoms with Crippen LogP contribution >= 0.6 is 0 Å². The molecule has 1 heterocycles. The number of esters is 1. The predicted octanol–water partition coefficient (Wildman–Crippen LogP) is 1.50. The van der Waals surface area contributed by atoms with Crippen molar-refractivity contribution in [1.29, 1.82) is 0 Å². The standard InChI is InChI=1S/C12H11NO3/c1-7(13-2)10-11(14)8-5-3-4-6-9(8)16-12(10)15/h3-6,10H,1-2H3. The Hall–Kier alpha value is -1.97. The number of Topliss-reactive ketones (excluding diaryl/α,β-unsaturated/α-hetero) is 1. The lowest BCUT2D eigenvalue weighted by Gasteiger charge is -2.21. The van der Waals surface area contributed by atoms with Crippen LogP contribution in [0.5, 0.6) is 5.75 Å². The second kappa shape index (κ2) is 3.89. The number of hydrogen-bond donors (Lipinski definition) is 0. The Kier molecular flexibility index (Phi) is 2.56. The maximum absolute atomic E-state index is 12.0. The van der Waals surface area contributed by atoms with Crippen molar-refractivity contribution in [3.05, 3.63) is 29.8 Å². The minimum atomic E-state index is -0.889. The quantitative estimate of drug-likeness (QED) is 0.310. The molecule has 82 valence electrons.